The minimum absolute atomic E-state index is 0.00232. The molecule has 0 bridgehead atoms. The number of benzene rings is 3. The molecular weight excluding hydrogens is 403 g/mol. The lowest BCUT2D eigenvalue weighted by molar-refractivity contribution is 0.101. The Morgan fingerprint density at radius 3 is 2.33 bits per heavy atom. The average molecular weight is 421 g/mol. The van der Waals surface area contributed by atoms with E-state index in [2.05, 4.69) is 15.4 Å². The summed E-state index contributed by atoms with van der Waals surface area (Å²) in [4.78, 5) is 17.2. The van der Waals surface area contributed by atoms with Crippen LogP contribution in [0.5, 0.6) is 0 Å². The highest BCUT2D eigenvalue weighted by Gasteiger charge is 2.19. The van der Waals surface area contributed by atoms with Gasteiger partial charge in [-0.15, -0.1) is 5.10 Å². The van der Waals surface area contributed by atoms with E-state index in [0.29, 0.717) is 22.1 Å². The fourth-order valence-corrected chi connectivity index (χ4v) is 3.08. The molecule has 0 aliphatic heterocycles. The van der Waals surface area contributed by atoms with Gasteiger partial charge in [0.05, 0.1) is 5.69 Å². The van der Waals surface area contributed by atoms with Crippen molar-refractivity contribution in [3.63, 3.8) is 0 Å². The first-order valence-electron chi connectivity index (χ1n) is 9.28. The number of halogens is 2. The molecule has 30 heavy (non-hydrogen) atoms. The quantitative estimate of drug-likeness (QED) is 0.467. The lowest BCUT2D eigenvalue weighted by Gasteiger charge is -2.08. The Balaban J connectivity index is 1.76. The number of aromatic nitrogens is 3. The van der Waals surface area contributed by atoms with Gasteiger partial charge in [0.1, 0.15) is 5.82 Å². The molecule has 1 heterocycles. The number of hydrogen-bond acceptors (Lipinski definition) is 3. The van der Waals surface area contributed by atoms with Gasteiger partial charge in [0.15, 0.2) is 5.82 Å². The highest BCUT2D eigenvalue weighted by atomic mass is 35.5. The standard InChI is InChI=1S/C23H18ClFN4O/c1-14-3-12-20(13-15(14)2)29-22(16-4-8-18(25)9-5-16)27-21(28-29)23(30)26-19-10-6-17(24)7-11-19/h3-13H,1-2H3,(H,26,30). The van der Waals surface area contributed by atoms with E-state index in [9.17, 15) is 9.18 Å². The summed E-state index contributed by atoms with van der Waals surface area (Å²) < 4.78 is 15.0. The number of amides is 1. The van der Waals surface area contributed by atoms with Gasteiger partial charge in [0.2, 0.25) is 5.82 Å². The van der Waals surface area contributed by atoms with Gasteiger partial charge in [-0.05, 0) is 85.6 Å². The molecule has 0 radical (unpaired) electrons. The molecule has 1 amide bonds. The highest BCUT2D eigenvalue weighted by molar-refractivity contribution is 6.30. The minimum Gasteiger partial charge on any atom is -0.319 e. The van der Waals surface area contributed by atoms with E-state index in [1.165, 1.54) is 12.1 Å². The van der Waals surface area contributed by atoms with E-state index in [-0.39, 0.29) is 11.6 Å². The summed E-state index contributed by atoms with van der Waals surface area (Å²) in [5, 5.41) is 7.77. The van der Waals surface area contributed by atoms with Crippen molar-refractivity contribution in [2.24, 2.45) is 0 Å². The number of carbonyl (C=O) groups is 1. The van der Waals surface area contributed by atoms with Crippen LogP contribution in [0.15, 0.2) is 66.7 Å². The van der Waals surface area contributed by atoms with E-state index < -0.39 is 5.91 Å². The van der Waals surface area contributed by atoms with E-state index >= 15 is 0 Å². The molecule has 0 saturated carbocycles. The van der Waals surface area contributed by atoms with Crippen molar-refractivity contribution in [2.45, 2.75) is 13.8 Å². The molecule has 0 unspecified atom stereocenters. The molecule has 1 N–H and O–H groups in total. The van der Waals surface area contributed by atoms with Gasteiger partial charge in [-0.3, -0.25) is 4.79 Å². The molecule has 5 nitrogen and oxygen atoms in total. The van der Waals surface area contributed by atoms with E-state index in [4.69, 9.17) is 11.6 Å². The summed E-state index contributed by atoms with van der Waals surface area (Å²) in [5.74, 6) is -0.359. The normalized spacial score (nSPS) is 10.8. The Morgan fingerprint density at radius 1 is 0.967 bits per heavy atom. The Labute approximate surface area is 178 Å². The topological polar surface area (TPSA) is 59.8 Å². The van der Waals surface area contributed by atoms with Crippen LogP contribution in [0, 0.1) is 19.7 Å². The van der Waals surface area contributed by atoms with Gasteiger partial charge in [-0.25, -0.2) is 14.1 Å². The average Bonchev–Trinajstić information content (AvgIpc) is 3.18. The summed E-state index contributed by atoms with van der Waals surface area (Å²) in [6, 6.07) is 18.5. The molecule has 150 valence electrons. The molecule has 3 aromatic carbocycles. The number of rotatable bonds is 4. The molecule has 0 aliphatic carbocycles. The summed E-state index contributed by atoms with van der Waals surface area (Å²) in [6.45, 7) is 4.02. The molecule has 4 rings (SSSR count). The second-order valence-electron chi connectivity index (χ2n) is 6.91. The summed E-state index contributed by atoms with van der Waals surface area (Å²) >= 11 is 5.89. The van der Waals surface area contributed by atoms with Crippen LogP contribution in [-0.4, -0.2) is 20.7 Å². The van der Waals surface area contributed by atoms with Gasteiger partial charge in [-0.2, -0.15) is 0 Å². The predicted octanol–water partition coefficient (Wildman–Crippen LogP) is 5.60. The van der Waals surface area contributed by atoms with Crippen LogP contribution in [0.2, 0.25) is 5.02 Å². The third-order valence-electron chi connectivity index (χ3n) is 4.75. The zero-order valence-corrected chi connectivity index (χ0v) is 17.1. The van der Waals surface area contributed by atoms with E-state index in [1.54, 1.807) is 41.1 Å². The fraction of sp³-hybridized carbons (Fsp3) is 0.0870. The Hall–Kier alpha value is -3.51. The van der Waals surface area contributed by atoms with Crippen molar-refractivity contribution >= 4 is 23.2 Å². The molecule has 7 heteroatoms. The lowest BCUT2D eigenvalue weighted by atomic mass is 10.1. The van der Waals surface area contributed by atoms with E-state index in [0.717, 1.165) is 16.8 Å². The molecular formula is C23H18ClFN4O. The number of carbonyl (C=O) groups excluding carboxylic acids is 1. The smallest absolute Gasteiger partial charge is 0.295 e. The molecule has 0 spiro atoms. The molecule has 0 fully saturated rings. The van der Waals surface area contributed by atoms with Gasteiger partial charge >= 0.3 is 0 Å². The summed E-state index contributed by atoms with van der Waals surface area (Å²) in [7, 11) is 0. The van der Waals surface area contributed by atoms with Crippen molar-refractivity contribution in [3.05, 3.63) is 94.5 Å². The van der Waals surface area contributed by atoms with Gasteiger partial charge < -0.3 is 5.32 Å². The van der Waals surface area contributed by atoms with Crippen molar-refractivity contribution < 1.29 is 9.18 Å². The lowest BCUT2D eigenvalue weighted by Crippen LogP contribution is -2.14. The zero-order valence-electron chi connectivity index (χ0n) is 16.4. The van der Waals surface area contributed by atoms with Crippen LogP contribution in [0.4, 0.5) is 10.1 Å². The maximum Gasteiger partial charge on any atom is 0.295 e. The number of aryl methyl sites for hydroxylation is 2. The predicted molar refractivity (Wildman–Crippen MR) is 116 cm³/mol. The van der Waals surface area contributed by atoms with Crippen molar-refractivity contribution in [2.75, 3.05) is 5.32 Å². The molecule has 0 saturated heterocycles. The first-order chi connectivity index (χ1) is 14.4. The summed E-state index contributed by atoms with van der Waals surface area (Å²) in [5.41, 5.74) is 4.21. The van der Waals surface area contributed by atoms with Crippen molar-refractivity contribution in [3.8, 4) is 17.1 Å². The number of hydrogen-bond donors (Lipinski definition) is 1. The minimum atomic E-state index is -0.455. The number of nitrogens with one attached hydrogen (secondary N) is 1. The van der Waals surface area contributed by atoms with Crippen LogP contribution >= 0.6 is 11.6 Å². The number of nitrogens with zero attached hydrogens (tertiary/aromatic N) is 3. The first-order valence-corrected chi connectivity index (χ1v) is 9.66. The maximum absolute atomic E-state index is 13.4. The van der Waals surface area contributed by atoms with Crippen LogP contribution in [0.25, 0.3) is 17.1 Å². The second-order valence-corrected chi connectivity index (χ2v) is 7.34. The largest absolute Gasteiger partial charge is 0.319 e. The van der Waals surface area contributed by atoms with Crippen molar-refractivity contribution in [1.29, 1.82) is 0 Å². The molecule has 0 atom stereocenters. The molecule has 1 aromatic heterocycles. The SMILES string of the molecule is Cc1ccc(-n2nc(C(=O)Nc3ccc(Cl)cc3)nc2-c2ccc(F)cc2)cc1C. The molecule has 0 aliphatic rings. The fourth-order valence-electron chi connectivity index (χ4n) is 2.95. The van der Waals surface area contributed by atoms with Crippen LogP contribution in [-0.2, 0) is 0 Å². The highest BCUT2D eigenvalue weighted by Crippen LogP contribution is 2.23. The third kappa shape index (κ3) is 4.09. The van der Waals surface area contributed by atoms with Crippen LogP contribution in [0.3, 0.4) is 0 Å². The Kier molecular flexibility index (Phi) is 5.33. The number of anilines is 1. The Bertz CT molecular complexity index is 1220. The molecule has 4 aromatic rings. The van der Waals surface area contributed by atoms with Crippen LogP contribution in [0.1, 0.15) is 21.7 Å². The van der Waals surface area contributed by atoms with Gasteiger partial charge in [0, 0.05) is 16.3 Å². The van der Waals surface area contributed by atoms with Crippen molar-refractivity contribution in [1.82, 2.24) is 14.8 Å². The van der Waals surface area contributed by atoms with Gasteiger partial charge in [0.25, 0.3) is 5.91 Å². The van der Waals surface area contributed by atoms with Crippen LogP contribution < -0.4 is 5.32 Å². The Morgan fingerprint density at radius 2 is 1.67 bits per heavy atom. The summed E-state index contributed by atoms with van der Waals surface area (Å²) in [6.07, 6.45) is 0. The van der Waals surface area contributed by atoms with E-state index in [1.807, 2.05) is 32.0 Å². The third-order valence-corrected chi connectivity index (χ3v) is 5.00. The monoisotopic (exact) mass is 420 g/mol. The first kappa shape index (κ1) is 19.8. The maximum atomic E-state index is 13.4. The zero-order chi connectivity index (χ0) is 21.3. The van der Waals surface area contributed by atoms with Gasteiger partial charge in [-0.1, -0.05) is 17.7 Å². The second kappa shape index (κ2) is 8.08.